The van der Waals surface area contributed by atoms with Crippen LogP contribution in [0.3, 0.4) is 0 Å². The second-order valence-electron chi connectivity index (χ2n) is 5.99. The van der Waals surface area contributed by atoms with Crippen molar-refractivity contribution in [1.29, 1.82) is 0 Å². The fourth-order valence-corrected chi connectivity index (χ4v) is 2.82. The molecule has 0 unspecified atom stereocenters. The van der Waals surface area contributed by atoms with Gasteiger partial charge in [0, 0.05) is 24.2 Å². The van der Waals surface area contributed by atoms with Crippen LogP contribution in [-0.2, 0) is 0 Å². The highest BCUT2D eigenvalue weighted by molar-refractivity contribution is 5.68. The van der Waals surface area contributed by atoms with Crippen molar-refractivity contribution in [3.05, 3.63) is 48.6 Å². The van der Waals surface area contributed by atoms with Gasteiger partial charge in [-0.2, -0.15) is 18.3 Å². The molecule has 0 bridgehead atoms. The monoisotopic (exact) mass is 352 g/mol. The van der Waals surface area contributed by atoms with E-state index in [1.165, 1.54) is 16.9 Å². The van der Waals surface area contributed by atoms with Gasteiger partial charge in [-0.05, 0) is 49.1 Å². The molecule has 0 aliphatic heterocycles. The van der Waals surface area contributed by atoms with Crippen LogP contribution in [0, 0.1) is 5.82 Å². The second-order valence-corrected chi connectivity index (χ2v) is 5.99. The fraction of sp³-hybridized carbons (Fsp3) is 0.294. The molecule has 0 N–H and O–H groups in total. The van der Waals surface area contributed by atoms with Crippen LogP contribution in [0.2, 0.25) is 0 Å². The summed E-state index contributed by atoms with van der Waals surface area (Å²) in [4.78, 5) is 3.76. The zero-order chi connectivity index (χ0) is 18.5. The highest BCUT2D eigenvalue weighted by Gasteiger charge is 2.61. The standard InChI is InChI=1S/C17H13F4N3O/c18-14-9-12(11-3-7-24-13(8-11)2-6-23-24)10-22-15(14)25-16(4-1-5-16)17(19,20)21/h2-3,6-10H,1,4-5H2/i2D. The Labute approximate surface area is 141 Å². The Morgan fingerprint density at radius 3 is 2.68 bits per heavy atom. The minimum absolute atomic E-state index is 0.205. The summed E-state index contributed by atoms with van der Waals surface area (Å²) < 4.78 is 68.1. The van der Waals surface area contributed by atoms with Gasteiger partial charge in [-0.25, -0.2) is 13.9 Å². The molecule has 0 aromatic carbocycles. The molecule has 130 valence electrons. The van der Waals surface area contributed by atoms with Gasteiger partial charge in [0.05, 0.1) is 6.89 Å². The molecule has 4 rings (SSSR count). The van der Waals surface area contributed by atoms with Crippen molar-refractivity contribution in [2.24, 2.45) is 0 Å². The Morgan fingerprint density at radius 2 is 2.04 bits per heavy atom. The van der Waals surface area contributed by atoms with E-state index in [1.54, 1.807) is 18.3 Å². The molecule has 3 heterocycles. The van der Waals surface area contributed by atoms with E-state index in [9.17, 15) is 17.6 Å². The predicted octanol–water partition coefficient (Wildman–Crippen LogP) is 4.40. The second kappa shape index (κ2) is 5.44. The van der Waals surface area contributed by atoms with E-state index in [2.05, 4.69) is 10.1 Å². The SMILES string of the molecule is [2H]c1cnn2ccc(-c3cnc(OC4(C(F)(F)F)CCC4)c(F)c3)cc12. The molecule has 0 amide bonds. The summed E-state index contributed by atoms with van der Waals surface area (Å²) in [7, 11) is 0. The molecule has 3 aromatic rings. The lowest BCUT2D eigenvalue weighted by atomic mass is 9.79. The molecule has 1 aliphatic carbocycles. The quantitative estimate of drug-likeness (QED) is 0.656. The van der Waals surface area contributed by atoms with Crippen molar-refractivity contribution < 1.29 is 23.7 Å². The highest BCUT2D eigenvalue weighted by Crippen LogP contribution is 2.48. The lowest BCUT2D eigenvalue weighted by Crippen LogP contribution is -2.55. The van der Waals surface area contributed by atoms with Crippen LogP contribution in [0.5, 0.6) is 5.88 Å². The Bertz CT molecular complexity index is 982. The maximum absolute atomic E-state index is 14.3. The number of hydrogen-bond donors (Lipinski definition) is 0. The zero-order valence-corrected chi connectivity index (χ0v) is 12.8. The molecule has 0 saturated heterocycles. The molecule has 25 heavy (non-hydrogen) atoms. The molecule has 8 heteroatoms. The Kier molecular flexibility index (Phi) is 3.19. The Hall–Kier alpha value is -2.64. The van der Waals surface area contributed by atoms with Crippen molar-refractivity contribution in [1.82, 2.24) is 14.6 Å². The van der Waals surface area contributed by atoms with Crippen molar-refractivity contribution in [2.45, 2.75) is 31.0 Å². The van der Waals surface area contributed by atoms with Gasteiger partial charge >= 0.3 is 6.18 Å². The van der Waals surface area contributed by atoms with Crippen LogP contribution < -0.4 is 4.74 Å². The lowest BCUT2D eigenvalue weighted by molar-refractivity contribution is -0.275. The molecule has 3 aromatic heterocycles. The number of alkyl halides is 3. The van der Waals surface area contributed by atoms with Crippen LogP contribution in [0.25, 0.3) is 16.6 Å². The third kappa shape index (κ3) is 2.61. The van der Waals surface area contributed by atoms with Crippen molar-refractivity contribution in [3.63, 3.8) is 0 Å². The van der Waals surface area contributed by atoms with Gasteiger partial charge in [0.2, 0.25) is 5.60 Å². The van der Waals surface area contributed by atoms with Crippen molar-refractivity contribution in [3.8, 4) is 17.0 Å². The van der Waals surface area contributed by atoms with Gasteiger partial charge in [0.25, 0.3) is 5.88 Å². The summed E-state index contributed by atoms with van der Waals surface area (Å²) in [5.74, 6) is -1.62. The maximum atomic E-state index is 14.3. The van der Waals surface area contributed by atoms with E-state index in [0.29, 0.717) is 23.1 Å². The molecular formula is C17H13F4N3O. The minimum atomic E-state index is -4.57. The average Bonchev–Trinajstić information content (AvgIpc) is 2.91. The molecular weight excluding hydrogens is 338 g/mol. The van der Waals surface area contributed by atoms with Crippen LogP contribution >= 0.6 is 0 Å². The van der Waals surface area contributed by atoms with Gasteiger partial charge in [0.1, 0.15) is 0 Å². The van der Waals surface area contributed by atoms with Crippen molar-refractivity contribution in [2.75, 3.05) is 0 Å². The van der Waals surface area contributed by atoms with E-state index in [1.807, 2.05) is 0 Å². The molecule has 0 atom stereocenters. The Morgan fingerprint density at radius 1 is 1.24 bits per heavy atom. The van der Waals surface area contributed by atoms with Gasteiger partial charge in [0.15, 0.2) is 5.82 Å². The van der Waals surface area contributed by atoms with Crippen LogP contribution in [0.1, 0.15) is 20.6 Å². The summed E-state index contributed by atoms with van der Waals surface area (Å²) in [6, 6.07) is 4.57. The van der Waals surface area contributed by atoms with Gasteiger partial charge in [-0.1, -0.05) is 0 Å². The third-order valence-electron chi connectivity index (χ3n) is 4.44. The largest absolute Gasteiger partial charge is 0.459 e. The van der Waals surface area contributed by atoms with Gasteiger partial charge in [-0.3, -0.25) is 0 Å². The lowest BCUT2D eigenvalue weighted by Gasteiger charge is -2.42. The zero-order valence-electron chi connectivity index (χ0n) is 13.8. The molecule has 4 nitrogen and oxygen atoms in total. The third-order valence-corrected chi connectivity index (χ3v) is 4.44. The first-order valence-electron chi connectivity index (χ1n) is 8.15. The average molecular weight is 352 g/mol. The van der Waals surface area contributed by atoms with E-state index in [4.69, 9.17) is 6.11 Å². The van der Waals surface area contributed by atoms with Crippen LogP contribution in [0.15, 0.2) is 42.8 Å². The van der Waals surface area contributed by atoms with E-state index in [0.717, 1.165) is 6.07 Å². The summed E-state index contributed by atoms with van der Waals surface area (Å²) in [6.07, 6.45) is -0.363. The number of pyridine rings is 2. The highest BCUT2D eigenvalue weighted by atomic mass is 19.4. The fourth-order valence-electron chi connectivity index (χ4n) is 2.82. The number of nitrogens with zero attached hydrogens (tertiary/aromatic N) is 3. The first-order chi connectivity index (χ1) is 12.3. The van der Waals surface area contributed by atoms with Crippen molar-refractivity contribution >= 4 is 5.52 Å². The smallest absolute Gasteiger partial charge is 0.428 e. The molecule has 0 spiro atoms. The first kappa shape index (κ1) is 14.7. The number of rotatable bonds is 3. The number of ether oxygens (including phenoxy) is 1. The van der Waals surface area contributed by atoms with E-state index in [-0.39, 0.29) is 18.9 Å². The maximum Gasteiger partial charge on any atom is 0.428 e. The number of aromatic nitrogens is 3. The van der Waals surface area contributed by atoms with Gasteiger partial charge in [-0.15, -0.1) is 0 Å². The Balaban J connectivity index is 1.66. The summed E-state index contributed by atoms with van der Waals surface area (Å²) in [5, 5.41) is 3.98. The van der Waals surface area contributed by atoms with E-state index < -0.39 is 23.5 Å². The summed E-state index contributed by atoms with van der Waals surface area (Å²) in [5.41, 5.74) is -0.890. The first-order valence-corrected chi connectivity index (χ1v) is 7.65. The predicted molar refractivity (Wildman–Crippen MR) is 81.6 cm³/mol. The van der Waals surface area contributed by atoms with Gasteiger partial charge < -0.3 is 4.74 Å². The topological polar surface area (TPSA) is 39.4 Å². The molecule has 1 aliphatic rings. The molecule has 1 fully saturated rings. The number of halogens is 4. The molecule has 0 radical (unpaired) electrons. The minimum Gasteiger partial charge on any atom is -0.459 e. The summed E-state index contributed by atoms with van der Waals surface area (Å²) in [6.45, 7) is 0. The van der Waals surface area contributed by atoms with Crippen LogP contribution in [0.4, 0.5) is 17.6 Å². The van der Waals surface area contributed by atoms with E-state index >= 15 is 0 Å². The summed E-state index contributed by atoms with van der Waals surface area (Å²) >= 11 is 0. The van der Waals surface area contributed by atoms with Crippen LogP contribution in [-0.4, -0.2) is 26.4 Å². The normalized spacial score (nSPS) is 17.2. The number of fused-ring (bicyclic) bond motifs is 1. The molecule has 1 saturated carbocycles. The number of hydrogen-bond acceptors (Lipinski definition) is 3.